The number of halogens is 1. The van der Waals surface area contributed by atoms with E-state index in [0.717, 1.165) is 43.2 Å². The number of hydrogen-bond donors (Lipinski definition) is 1. The van der Waals surface area contributed by atoms with Gasteiger partial charge in [-0.3, -0.25) is 4.90 Å². The van der Waals surface area contributed by atoms with E-state index in [1.165, 1.54) is 11.1 Å². The van der Waals surface area contributed by atoms with Crippen LogP contribution in [0.15, 0.2) is 12.1 Å². The van der Waals surface area contributed by atoms with Crippen molar-refractivity contribution in [3.8, 4) is 5.75 Å². The van der Waals surface area contributed by atoms with Gasteiger partial charge in [0.15, 0.2) is 0 Å². The van der Waals surface area contributed by atoms with Crippen molar-refractivity contribution in [2.75, 3.05) is 20.2 Å². The molecule has 112 valence electrons. The molecule has 0 bridgehead atoms. The Bertz CT molecular complexity index is 464. The average Bonchev–Trinajstić information content (AvgIpc) is 2.89. The Balaban J connectivity index is 2.26. The van der Waals surface area contributed by atoms with E-state index in [0.29, 0.717) is 6.54 Å². The van der Waals surface area contributed by atoms with Crippen LogP contribution in [0, 0.1) is 0 Å². The van der Waals surface area contributed by atoms with Crippen molar-refractivity contribution in [3.05, 3.63) is 28.3 Å². The van der Waals surface area contributed by atoms with Crippen LogP contribution in [-0.4, -0.2) is 30.6 Å². The Morgan fingerprint density at radius 1 is 1.35 bits per heavy atom. The van der Waals surface area contributed by atoms with Crippen LogP contribution in [0.5, 0.6) is 5.75 Å². The maximum Gasteiger partial charge on any atom is 0.127 e. The van der Waals surface area contributed by atoms with Gasteiger partial charge in [0.2, 0.25) is 0 Å². The topological polar surface area (TPSA) is 38.5 Å². The number of likely N-dealkylation sites (N-methyl/N-ethyl adjacent to an activating group) is 1. The molecule has 1 aromatic rings. The highest BCUT2D eigenvalue weighted by atomic mass is 35.5. The summed E-state index contributed by atoms with van der Waals surface area (Å²) in [7, 11) is 2.14. The fourth-order valence-electron chi connectivity index (χ4n) is 3.12. The zero-order valence-electron chi connectivity index (χ0n) is 12.7. The first kappa shape index (κ1) is 15.6. The lowest BCUT2D eigenvalue weighted by atomic mass is 9.90. The Morgan fingerprint density at radius 3 is 2.65 bits per heavy atom. The smallest absolute Gasteiger partial charge is 0.127 e. The maximum atomic E-state index is 6.23. The third kappa shape index (κ3) is 2.80. The van der Waals surface area contributed by atoms with Crippen LogP contribution in [-0.2, 0) is 13.0 Å². The molecule has 0 unspecified atom stereocenters. The fraction of sp³-hybridized carbons (Fsp3) is 0.625. The summed E-state index contributed by atoms with van der Waals surface area (Å²) in [6.45, 7) is 6.65. The largest absolute Gasteiger partial charge is 0.493 e. The van der Waals surface area contributed by atoms with Crippen LogP contribution in [0.4, 0.5) is 0 Å². The summed E-state index contributed by atoms with van der Waals surface area (Å²) in [4.78, 5) is 2.35. The number of fused-ring (bicyclic) bond motifs is 1. The van der Waals surface area contributed by atoms with E-state index in [2.05, 4.69) is 25.8 Å². The van der Waals surface area contributed by atoms with Crippen molar-refractivity contribution >= 4 is 11.6 Å². The summed E-state index contributed by atoms with van der Waals surface area (Å²) in [6, 6.07) is 4.04. The van der Waals surface area contributed by atoms with Gasteiger partial charge >= 0.3 is 0 Å². The number of benzene rings is 1. The molecule has 4 heteroatoms. The molecule has 3 nitrogen and oxygen atoms in total. The number of hydrogen-bond acceptors (Lipinski definition) is 3. The van der Waals surface area contributed by atoms with Crippen LogP contribution in [0.1, 0.15) is 37.8 Å². The molecule has 1 aromatic carbocycles. The monoisotopic (exact) mass is 296 g/mol. The normalized spacial score (nSPS) is 14.5. The quantitative estimate of drug-likeness (QED) is 0.876. The van der Waals surface area contributed by atoms with Crippen LogP contribution in [0.25, 0.3) is 0 Å². The van der Waals surface area contributed by atoms with Crippen LogP contribution < -0.4 is 10.5 Å². The second-order valence-electron chi connectivity index (χ2n) is 5.64. The van der Waals surface area contributed by atoms with Gasteiger partial charge in [-0.15, -0.1) is 0 Å². The van der Waals surface area contributed by atoms with Gasteiger partial charge in [-0.1, -0.05) is 25.4 Å². The SMILES string of the molecule is CCC(CC)(CN)N(C)Cc1cc(Cl)cc2c1OCC2. The molecule has 1 heterocycles. The summed E-state index contributed by atoms with van der Waals surface area (Å²) in [6.07, 6.45) is 3.04. The molecule has 2 rings (SSSR count). The molecule has 0 radical (unpaired) electrons. The van der Waals surface area contributed by atoms with Crippen LogP contribution in [0.2, 0.25) is 5.02 Å². The van der Waals surface area contributed by atoms with E-state index in [-0.39, 0.29) is 5.54 Å². The van der Waals surface area contributed by atoms with Crippen molar-refractivity contribution in [3.63, 3.8) is 0 Å². The molecule has 20 heavy (non-hydrogen) atoms. The van der Waals surface area contributed by atoms with Crippen LogP contribution in [0.3, 0.4) is 0 Å². The average molecular weight is 297 g/mol. The standard InChI is InChI=1S/C16H25ClN2O/c1-4-16(5-2,11-18)19(3)10-13-9-14(17)8-12-6-7-20-15(12)13/h8-9H,4-7,10-11,18H2,1-3H3. The molecule has 0 aliphatic carbocycles. The Labute approximate surface area is 127 Å². The van der Waals surface area contributed by atoms with E-state index in [1.807, 2.05) is 12.1 Å². The fourth-order valence-corrected chi connectivity index (χ4v) is 3.38. The molecule has 0 atom stereocenters. The third-order valence-electron chi connectivity index (χ3n) is 4.74. The lowest BCUT2D eigenvalue weighted by Gasteiger charge is -2.40. The number of ether oxygens (including phenoxy) is 1. The zero-order chi connectivity index (χ0) is 14.8. The van der Waals surface area contributed by atoms with E-state index in [9.17, 15) is 0 Å². The minimum atomic E-state index is 0.0494. The third-order valence-corrected chi connectivity index (χ3v) is 4.96. The van der Waals surface area contributed by atoms with E-state index < -0.39 is 0 Å². The van der Waals surface area contributed by atoms with E-state index in [1.54, 1.807) is 0 Å². The summed E-state index contributed by atoms with van der Waals surface area (Å²) >= 11 is 6.23. The lowest BCUT2D eigenvalue weighted by molar-refractivity contribution is 0.107. The van der Waals surface area contributed by atoms with Crippen molar-refractivity contribution in [2.45, 2.75) is 45.2 Å². The Morgan fingerprint density at radius 2 is 2.05 bits per heavy atom. The first-order valence-corrected chi connectivity index (χ1v) is 7.79. The molecular formula is C16H25ClN2O. The minimum Gasteiger partial charge on any atom is -0.493 e. The minimum absolute atomic E-state index is 0.0494. The molecule has 0 fully saturated rings. The summed E-state index contributed by atoms with van der Waals surface area (Å²) < 4.78 is 5.78. The van der Waals surface area contributed by atoms with Gasteiger partial charge in [0.1, 0.15) is 5.75 Å². The summed E-state index contributed by atoms with van der Waals surface area (Å²) in [5, 5.41) is 0.795. The van der Waals surface area contributed by atoms with E-state index >= 15 is 0 Å². The second kappa shape index (κ2) is 6.33. The highest BCUT2D eigenvalue weighted by Gasteiger charge is 2.30. The van der Waals surface area contributed by atoms with Gasteiger partial charge in [0, 0.05) is 35.6 Å². The number of nitrogens with two attached hydrogens (primary N) is 1. The lowest BCUT2D eigenvalue weighted by Crippen LogP contribution is -2.50. The molecule has 1 aliphatic rings. The number of rotatable bonds is 6. The maximum absolute atomic E-state index is 6.23. The Hall–Kier alpha value is -0.770. The summed E-state index contributed by atoms with van der Waals surface area (Å²) in [5.41, 5.74) is 8.48. The van der Waals surface area contributed by atoms with Gasteiger partial charge in [-0.25, -0.2) is 0 Å². The highest BCUT2D eigenvalue weighted by Crippen LogP contribution is 2.35. The molecule has 0 saturated carbocycles. The second-order valence-corrected chi connectivity index (χ2v) is 6.08. The number of nitrogens with zero attached hydrogens (tertiary/aromatic N) is 1. The molecule has 2 N–H and O–H groups in total. The first-order valence-electron chi connectivity index (χ1n) is 7.41. The molecule has 0 aromatic heterocycles. The van der Waals surface area contributed by atoms with Gasteiger partial charge in [-0.2, -0.15) is 0 Å². The van der Waals surface area contributed by atoms with Gasteiger partial charge < -0.3 is 10.5 Å². The first-order chi connectivity index (χ1) is 9.56. The molecule has 1 aliphatic heterocycles. The predicted octanol–water partition coefficient (Wildman–Crippen LogP) is 3.22. The highest BCUT2D eigenvalue weighted by molar-refractivity contribution is 6.30. The molecular weight excluding hydrogens is 272 g/mol. The summed E-state index contributed by atoms with van der Waals surface area (Å²) in [5.74, 6) is 1.03. The molecule has 0 spiro atoms. The predicted molar refractivity (Wildman–Crippen MR) is 84.5 cm³/mol. The van der Waals surface area contributed by atoms with Crippen molar-refractivity contribution in [1.29, 1.82) is 0 Å². The van der Waals surface area contributed by atoms with Crippen molar-refractivity contribution in [1.82, 2.24) is 4.90 Å². The van der Waals surface area contributed by atoms with Gasteiger partial charge in [0.05, 0.1) is 6.61 Å². The Kier molecular flexibility index (Phi) is 4.95. The van der Waals surface area contributed by atoms with Gasteiger partial charge in [0.25, 0.3) is 0 Å². The van der Waals surface area contributed by atoms with Crippen LogP contribution >= 0.6 is 11.6 Å². The van der Waals surface area contributed by atoms with E-state index in [4.69, 9.17) is 22.1 Å². The van der Waals surface area contributed by atoms with Crippen molar-refractivity contribution in [2.24, 2.45) is 5.73 Å². The molecule has 0 amide bonds. The van der Waals surface area contributed by atoms with Gasteiger partial charge in [-0.05, 0) is 37.6 Å². The van der Waals surface area contributed by atoms with Crippen molar-refractivity contribution < 1.29 is 4.74 Å². The molecule has 0 saturated heterocycles. The zero-order valence-corrected chi connectivity index (χ0v) is 13.5.